The van der Waals surface area contributed by atoms with Crippen molar-refractivity contribution in [2.24, 2.45) is 5.10 Å². The molecular weight excluding hydrogens is 439 g/mol. The number of hydrogen-bond donors (Lipinski definition) is 1. The number of hydrogen-bond acceptors (Lipinski definition) is 3. The Morgan fingerprint density at radius 1 is 1.06 bits per heavy atom. The average molecular weight is 473 g/mol. The average Bonchev–Trinajstić information content (AvgIpc) is 3.22. The van der Waals surface area contributed by atoms with Crippen LogP contribution in [-0.4, -0.2) is 34.7 Å². The summed E-state index contributed by atoms with van der Waals surface area (Å²) in [6.07, 6.45) is 11.4. The first kappa shape index (κ1) is 22.5. The minimum atomic E-state index is -0.351. The number of carbonyl (C=O) groups excluding carboxylic acids is 1. The Morgan fingerprint density at radius 2 is 1.91 bits per heavy atom. The normalized spacial score (nSPS) is 20.9. The van der Waals surface area contributed by atoms with Crippen LogP contribution in [-0.2, 0) is 17.8 Å². The monoisotopic (exact) mass is 472 g/mol. The maximum atomic E-state index is 13.8. The highest BCUT2D eigenvalue weighted by molar-refractivity contribution is 5.87. The molecule has 1 aromatic heterocycles. The molecule has 182 valence electrons. The van der Waals surface area contributed by atoms with Crippen LogP contribution in [0.3, 0.4) is 0 Å². The summed E-state index contributed by atoms with van der Waals surface area (Å²) in [4.78, 5) is 15.0. The van der Waals surface area contributed by atoms with Gasteiger partial charge in [-0.05, 0) is 67.3 Å². The number of nitrogens with zero attached hydrogens (tertiary/aromatic N) is 3. The Kier molecular flexibility index (Phi) is 6.15. The van der Waals surface area contributed by atoms with Gasteiger partial charge in [0.2, 0.25) is 0 Å². The summed E-state index contributed by atoms with van der Waals surface area (Å²) in [6.45, 7) is 2.04. The van der Waals surface area contributed by atoms with E-state index in [1.807, 2.05) is 0 Å². The van der Waals surface area contributed by atoms with Gasteiger partial charge in [0.15, 0.2) is 0 Å². The van der Waals surface area contributed by atoms with E-state index in [9.17, 15) is 9.18 Å². The highest BCUT2D eigenvalue weighted by Crippen LogP contribution is 2.44. The maximum absolute atomic E-state index is 13.8. The molecule has 0 spiro atoms. The summed E-state index contributed by atoms with van der Waals surface area (Å²) in [5, 5.41) is 5.43. The fraction of sp³-hybridized carbons (Fsp3) is 0.448. The summed E-state index contributed by atoms with van der Waals surface area (Å²) in [5.41, 5.74) is 8.75. The largest absolute Gasteiger partial charge is 0.342 e. The molecule has 1 N–H and O–H groups in total. The molecule has 35 heavy (non-hydrogen) atoms. The molecule has 2 aliphatic carbocycles. The van der Waals surface area contributed by atoms with Gasteiger partial charge in [-0.3, -0.25) is 9.69 Å². The van der Waals surface area contributed by atoms with Crippen LogP contribution >= 0.6 is 0 Å². The minimum Gasteiger partial charge on any atom is -0.342 e. The second-order valence-electron chi connectivity index (χ2n) is 10.3. The molecular formula is C29H33FN4O. The molecule has 1 aliphatic heterocycles. The van der Waals surface area contributed by atoms with E-state index in [0.29, 0.717) is 18.0 Å². The molecule has 1 amide bonds. The minimum absolute atomic E-state index is 0.158. The Bertz CT molecular complexity index is 1270. The SMILES string of the molecule is O=C(CN1CCn2c3c(c4cc(C5CCCCC5)ccc42)CCCC31)NN=Cc1ccccc1F. The molecule has 2 aromatic carbocycles. The van der Waals surface area contributed by atoms with E-state index in [-0.39, 0.29) is 17.8 Å². The van der Waals surface area contributed by atoms with E-state index in [2.05, 4.69) is 38.2 Å². The molecule has 6 heteroatoms. The summed E-state index contributed by atoms with van der Waals surface area (Å²) in [7, 11) is 0. The number of amides is 1. The molecule has 0 radical (unpaired) electrons. The lowest BCUT2D eigenvalue weighted by Gasteiger charge is -2.39. The van der Waals surface area contributed by atoms with Crippen LogP contribution in [0.2, 0.25) is 0 Å². The molecule has 3 aliphatic rings. The first-order valence-electron chi connectivity index (χ1n) is 13.1. The van der Waals surface area contributed by atoms with E-state index in [1.54, 1.807) is 18.2 Å². The highest BCUT2D eigenvalue weighted by Gasteiger charge is 2.35. The second kappa shape index (κ2) is 9.57. The van der Waals surface area contributed by atoms with Crippen molar-refractivity contribution in [2.75, 3.05) is 13.1 Å². The van der Waals surface area contributed by atoms with Gasteiger partial charge in [0.05, 0.1) is 18.8 Å². The Labute approximate surface area is 206 Å². The molecule has 2 heterocycles. The summed E-state index contributed by atoms with van der Waals surface area (Å²) in [5.74, 6) is 0.200. The summed E-state index contributed by atoms with van der Waals surface area (Å²) < 4.78 is 16.3. The zero-order chi connectivity index (χ0) is 23.8. The van der Waals surface area contributed by atoms with E-state index < -0.39 is 0 Å². The Morgan fingerprint density at radius 3 is 2.77 bits per heavy atom. The van der Waals surface area contributed by atoms with Crippen LogP contribution < -0.4 is 5.43 Å². The maximum Gasteiger partial charge on any atom is 0.254 e. The standard InChI is InChI=1S/C29H33FN4O/c30-25-11-5-4-9-22(25)18-31-32-28(35)19-33-15-16-34-26-14-13-21(20-7-2-1-3-8-20)17-24(26)23-10-6-12-27(33)29(23)34/h4-5,9,11,13-14,17-18,20,27H,1-3,6-8,10,12,15-16,19H2,(H,32,35). The Balaban J connectivity index is 1.21. The highest BCUT2D eigenvalue weighted by atomic mass is 19.1. The lowest BCUT2D eigenvalue weighted by molar-refractivity contribution is -0.123. The van der Waals surface area contributed by atoms with Gasteiger partial charge in [-0.1, -0.05) is 43.5 Å². The van der Waals surface area contributed by atoms with Gasteiger partial charge in [0, 0.05) is 35.2 Å². The molecule has 1 fully saturated rings. The van der Waals surface area contributed by atoms with Gasteiger partial charge in [0.25, 0.3) is 5.91 Å². The summed E-state index contributed by atoms with van der Waals surface area (Å²) in [6, 6.07) is 13.9. The fourth-order valence-electron chi connectivity index (χ4n) is 6.55. The number of aryl methyl sites for hydroxylation is 1. The lowest BCUT2D eigenvalue weighted by atomic mass is 9.83. The predicted molar refractivity (Wildman–Crippen MR) is 137 cm³/mol. The fourth-order valence-corrected chi connectivity index (χ4v) is 6.55. The molecule has 5 nitrogen and oxygen atoms in total. The van der Waals surface area contributed by atoms with E-state index in [1.165, 1.54) is 72.1 Å². The van der Waals surface area contributed by atoms with Crippen molar-refractivity contribution in [3.8, 4) is 0 Å². The molecule has 1 atom stereocenters. The molecule has 0 bridgehead atoms. The molecule has 1 saturated carbocycles. The smallest absolute Gasteiger partial charge is 0.254 e. The van der Waals surface area contributed by atoms with Crippen LogP contribution in [0, 0.1) is 5.82 Å². The Hall–Kier alpha value is -2.99. The number of benzene rings is 2. The van der Waals surface area contributed by atoms with Crippen molar-refractivity contribution >= 4 is 23.0 Å². The number of halogens is 1. The summed E-state index contributed by atoms with van der Waals surface area (Å²) >= 11 is 0. The number of rotatable bonds is 5. The van der Waals surface area contributed by atoms with Crippen molar-refractivity contribution in [1.29, 1.82) is 0 Å². The molecule has 3 aromatic rings. The number of nitrogens with one attached hydrogen (secondary N) is 1. The topological polar surface area (TPSA) is 49.6 Å². The zero-order valence-electron chi connectivity index (χ0n) is 20.2. The second-order valence-corrected chi connectivity index (χ2v) is 10.3. The third kappa shape index (κ3) is 4.29. The van der Waals surface area contributed by atoms with Gasteiger partial charge >= 0.3 is 0 Å². The number of fused-ring (bicyclic) bond motifs is 3. The van der Waals surface area contributed by atoms with Gasteiger partial charge in [0.1, 0.15) is 5.82 Å². The quantitative estimate of drug-likeness (QED) is 0.384. The van der Waals surface area contributed by atoms with E-state index in [4.69, 9.17) is 0 Å². The van der Waals surface area contributed by atoms with Crippen molar-refractivity contribution in [1.82, 2.24) is 14.9 Å². The number of carbonyl (C=O) groups is 1. The van der Waals surface area contributed by atoms with Crippen LogP contribution in [0.25, 0.3) is 10.9 Å². The van der Waals surface area contributed by atoms with Crippen LogP contribution in [0.4, 0.5) is 4.39 Å². The third-order valence-electron chi connectivity index (χ3n) is 8.23. The van der Waals surface area contributed by atoms with Crippen LogP contribution in [0.1, 0.15) is 79.3 Å². The van der Waals surface area contributed by atoms with Gasteiger partial charge < -0.3 is 4.57 Å². The first-order chi connectivity index (χ1) is 17.2. The van der Waals surface area contributed by atoms with Gasteiger partial charge in [-0.25, -0.2) is 9.82 Å². The van der Waals surface area contributed by atoms with Crippen LogP contribution in [0.15, 0.2) is 47.6 Å². The van der Waals surface area contributed by atoms with Crippen molar-refractivity contribution in [3.05, 3.63) is 70.7 Å². The molecule has 1 unspecified atom stereocenters. The van der Waals surface area contributed by atoms with Crippen LogP contribution in [0.5, 0.6) is 0 Å². The van der Waals surface area contributed by atoms with Gasteiger partial charge in [-0.2, -0.15) is 5.10 Å². The lowest BCUT2D eigenvalue weighted by Crippen LogP contribution is -2.44. The van der Waals surface area contributed by atoms with Gasteiger partial charge in [-0.15, -0.1) is 0 Å². The van der Waals surface area contributed by atoms with E-state index in [0.717, 1.165) is 32.4 Å². The van der Waals surface area contributed by atoms with Crippen molar-refractivity contribution in [3.63, 3.8) is 0 Å². The zero-order valence-corrected chi connectivity index (χ0v) is 20.2. The number of hydrazone groups is 1. The molecule has 6 rings (SSSR count). The first-order valence-corrected chi connectivity index (χ1v) is 13.1. The van der Waals surface area contributed by atoms with Crippen molar-refractivity contribution < 1.29 is 9.18 Å². The third-order valence-corrected chi connectivity index (χ3v) is 8.23. The predicted octanol–water partition coefficient (Wildman–Crippen LogP) is 5.67. The molecule has 0 saturated heterocycles. The van der Waals surface area contributed by atoms with E-state index >= 15 is 0 Å². The number of aromatic nitrogens is 1. The van der Waals surface area contributed by atoms with Crippen molar-refractivity contribution in [2.45, 2.75) is 69.9 Å².